The van der Waals surface area contributed by atoms with E-state index in [2.05, 4.69) is 20.6 Å². The second-order valence-corrected chi connectivity index (χ2v) is 4.29. The first-order valence-electron chi connectivity index (χ1n) is 5.98. The fourth-order valence-electron chi connectivity index (χ4n) is 1.74. The van der Waals surface area contributed by atoms with Gasteiger partial charge in [-0.3, -0.25) is 9.78 Å². The predicted molar refractivity (Wildman–Crippen MR) is 75.4 cm³/mol. The highest BCUT2D eigenvalue weighted by Gasteiger charge is 2.12. The van der Waals surface area contributed by atoms with Gasteiger partial charge in [-0.05, 0) is 37.6 Å². The molecule has 0 atom stereocenters. The number of pyridine rings is 2. The first-order chi connectivity index (χ1) is 9.10. The van der Waals surface area contributed by atoms with Crippen LogP contribution in [0, 0.1) is 13.8 Å². The number of rotatable bonds is 3. The van der Waals surface area contributed by atoms with Crippen molar-refractivity contribution in [2.75, 3.05) is 17.7 Å². The van der Waals surface area contributed by atoms with Crippen LogP contribution in [0.1, 0.15) is 21.6 Å². The van der Waals surface area contributed by atoms with E-state index in [0.29, 0.717) is 11.4 Å². The molecule has 2 aromatic heterocycles. The monoisotopic (exact) mass is 256 g/mol. The second kappa shape index (κ2) is 5.48. The van der Waals surface area contributed by atoms with Crippen molar-refractivity contribution in [1.82, 2.24) is 9.97 Å². The Morgan fingerprint density at radius 2 is 2.00 bits per heavy atom. The smallest absolute Gasteiger partial charge is 0.260 e. The number of aryl methyl sites for hydroxylation is 2. The standard InChI is InChI=1S/C14H16N4O/c1-9-4-5-16-13(6-9)18-14(19)11-8-17-10(2)7-12(11)15-3/h4-8H,1-3H3,(H,15,17)(H,16,18,19). The van der Waals surface area contributed by atoms with Crippen LogP contribution in [0.5, 0.6) is 0 Å². The van der Waals surface area contributed by atoms with Gasteiger partial charge in [0, 0.05) is 25.1 Å². The summed E-state index contributed by atoms with van der Waals surface area (Å²) in [6.45, 7) is 3.83. The van der Waals surface area contributed by atoms with Crippen LogP contribution in [-0.4, -0.2) is 22.9 Å². The van der Waals surface area contributed by atoms with E-state index in [1.54, 1.807) is 19.4 Å². The topological polar surface area (TPSA) is 66.9 Å². The molecule has 5 heteroatoms. The van der Waals surface area contributed by atoms with Crippen LogP contribution in [0.25, 0.3) is 0 Å². The van der Waals surface area contributed by atoms with Crippen molar-refractivity contribution < 1.29 is 4.79 Å². The summed E-state index contributed by atoms with van der Waals surface area (Å²) in [6, 6.07) is 5.53. The highest BCUT2D eigenvalue weighted by atomic mass is 16.1. The Hall–Kier alpha value is -2.43. The highest BCUT2D eigenvalue weighted by molar-refractivity contribution is 6.07. The largest absolute Gasteiger partial charge is 0.387 e. The minimum absolute atomic E-state index is 0.227. The molecule has 2 heterocycles. The van der Waals surface area contributed by atoms with Gasteiger partial charge >= 0.3 is 0 Å². The molecule has 2 rings (SSSR count). The lowest BCUT2D eigenvalue weighted by atomic mass is 10.2. The zero-order valence-electron chi connectivity index (χ0n) is 11.2. The zero-order valence-corrected chi connectivity index (χ0v) is 11.2. The van der Waals surface area contributed by atoms with E-state index >= 15 is 0 Å². The maximum absolute atomic E-state index is 12.2. The van der Waals surface area contributed by atoms with Crippen LogP contribution in [-0.2, 0) is 0 Å². The van der Waals surface area contributed by atoms with Crippen molar-refractivity contribution in [2.24, 2.45) is 0 Å². The van der Waals surface area contributed by atoms with Gasteiger partial charge in [-0.25, -0.2) is 4.98 Å². The molecule has 2 aromatic rings. The number of carbonyl (C=O) groups excluding carboxylic acids is 1. The SMILES string of the molecule is CNc1cc(C)ncc1C(=O)Nc1cc(C)ccn1. The molecule has 0 aliphatic carbocycles. The first-order valence-corrected chi connectivity index (χ1v) is 5.98. The average Bonchev–Trinajstić information content (AvgIpc) is 2.38. The normalized spacial score (nSPS) is 10.1. The zero-order chi connectivity index (χ0) is 13.8. The molecule has 0 unspecified atom stereocenters. The fourth-order valence-corrected chi connectivity index (χ4v) is 1.74. The van der Waals surface area contributed by atoms with Gasteiger partial charge in [-0.15, -0.1) is 0 Å². The van der Waals surface area contributed by atoms with E-state index in [1.165, 1.54) is 0 Å². The molecule has 0 saturated heterocycles. The molecule has 0 spiro atoms. The van der Waals surface area contributed by atoms with Crippen LogP contribution < -0.4 is 10.6 Å². The average molecular weight is 256 g/mol. The van der Waals surface area contributed by atoms with Gasteiger partial charge in [0.25, 0.3) is 5.91 Å². The van der Waals surface area contributed by atoms with E-state index < -0.39 is 0 Å². The summed E-state index contributed by atoms with van der Waals surface area (Å²) in [6.07, 6.45) is 3.23. The Morgan fingerprint density at radius 1 is 1.21 bits per heavy atom. The Bertz CT molecular complexity index is 610. The summed E-state index contributed by atoms with van der Waals surface area (Å²) in [4.78, 5) is 20.4. The molecule has 0 aliphatic rings. The molecule has 0 radical (unpaired) electrons. The van der Waals surface area contributed by atoms with Gasteiger partial charge in [0.2, 0.25) is 0 Å². The maximum atomic E-state index is 12.2. The van der Waals surface area contributed by atoms with Crippen molar-refractivity contribution in [1.29, 1.82) is 0 Å². The lowest BCUT2D eigenvalue weighted by molar-refractivity contribution is 0.102. The van der Waals surface area contributed by atoms with Crippen LogP contribution in [0.3, 0.4) is 0 Å². The summed E-state index contributed by atoms with van der Waals surface area (Å²) in [5, 5.41) is 5.76. The molecule has 5 nitrogen and oxygen atoms in total. The first kappa shape index (κ1) is 13.0. The van der Waals surface area contributed by atoms with Gasteiger partial charge in [0.1, 0.15) is 5.82 Å². The molecular weight excluding hydrogens is 240 g/mol. The van der Waals surface area contributed by atoms with Crippen LogP contribution >= 0.6 is 0 Å². The summed E-state index contributed by atoms with van der Waals surface area (Å²) >= 11 is 0. The van der Waals surface area contributed by atoms with Crippen molar-refractivity contribution in [3.8, 4) is 0 Å². The third kappa shape index (κ3) is 3.07. The second-order valence-electron chi connectivity index (χ2n) is 4.29. The lowest BCUT2D eigenvalue weighted by Crippen LogP contribution is -2.15. The molecule has 0 aromatic carbocycles. The lowest BCUT2D eigenvalue weighted by Gasteiger charge is -2.10. The molecule has 0 bridgehead atoms. The molecule has 0 fully saturated rings. The molecule has 98 valence electrons. The van der Waals surface area contributed by atoms with Crippen LogP contribution in [0.2, 0.25) is 0 Å². The molecule has 19 heavy (non-hydrogen) atoms. The summed E-state index contributed by atoms with van der Waals surface area (Å²) in [7, 11) is 1.77. The Balaban J connectivity index is 2.25. The Kier molecular flexibility index (Phi) is 3.75. The number of aromatic nitrogens is 2. The molecule has 2 N–H and O–H groups in total. The fraction of sp³-hybridized carbons (Fsp3) is 0.214. The number of nitrogens with one attached hydrogen (secondary N) is 2. The van der Waals surface area contributed by atoms with Crippen LogP contribution in [0.15, 0.2) is 30.6 Å². The number of carbonyl (C=O) groups is 1. The Morgan fingerprint density at radius 3 is 2.68 bits per heavy atom. The van der Waals surface area contributed by atoms with E-state index in [0.717, 1.165) is 16.9 Å². The number of hydrogen-bond donors (Lipinski definition) is 2. The number of anilines is 2. The quantitative estimate of drug-likeness (QED) is 0.884. The van der Waals surface area contributed by atoms with E-state index in [1.807, 2.05) is 32.0 Å². The van der Waals surface area contributed by atoms with E-state index in [4.69, 9.17) is 0 Å². The summed E-state index contributed by atoms with van der Waals surface area (Å²) in [5.41, 5.74) is 3.14. The number of nitrogens with zero attached hydrogens (tertiary/aromatic N) is 2. The summed E-state index contributed by atoms with van der Waals surface area (Å²) < 4.78 is 0. The van der Waals surface area contributed by atoms with Gasteiger partial charge in [-0.2, -0.15) is 0 Å². The molecular formula is C14H16N4O. The van der Waals surface area contributed by atoms with Crippen molar-refractivity contribution >= 4 is 17.4 Å². The highest BCUT2D eigenvalue weighted by Crippen LogP contribution is 2.16. The summed E-state index contributed by atoms with van der Waals surface area (Å²) in [5.74, 6) is 0.308. The Labute approximate surface area is 112 Å². The molecule has 0 saturated carbocycles. The third-order valence-electron chi connectivity index (χ3n) is 2.71. The van der Waals surface area contributed by atoms with Crippen molar-refractivity contribution in [3.05, 3.63) is 47.4 Å². The van der Waals surface area contributed by atoms with E-state index in [-0.39, 0.29) is 5.91 Å². The van der Waals surface area contributed by atoms with Gasteiger partial charge in [0.15, 0.2) is 0 Å². The number of amides is 1. The van der Waals surface area contributed by atoms with Crippen molar-refractivity contribution in [2.45, 2.75) is 13.8 Å². The van der Waals surface area contributed by atoms with Gasteiger partial charge in [-0.1, -0.05) is 0 Å². The maximum Gasteiger partial charge on any atom is 0.260 e. The predicted octanol–water partition coefficient (Wildman–Crippen LogP) is 2.39. The molecule has 0 aliphatic heterocycles. The van der Waals surface area contributed by atoms with Gasteiger partial charge in [0.05, 0.1) is 11.3 Å². The minimum atomic E-state index is -0.227. The minimum Gasteiger partial charge on any atom is -0.387 e. The van der Waals surface area contributed by atoms with Crippen LogP contribution in [0.4, 0.5) is 11.5 Å². The van der Waals surface area contributed by atoms with Crippen molar-refractivity contribution in [3.63, 3.8) is 0 Å². The van der Waals surface area contributed by atoms with Gasteiger partial charge < -0.3 is 10.6 Å². The van der Waals surface area contributed by atoms with E-state index in [9.17, 15) is 4.79 Å². The third-order valence-corrected chi connectivity index (χ3v) is 2.71. The molecule has 1 amide bonds. The number of hydrogen-bond acceptors (Lipinski definition) is 4.